The fourth-order valence-electron chi connectivity index (χ4n) is 17.3. The summed E-state index contributed by atoms with van der Waals surface area (Å²) in [5, 5.41) is 34.8. The van der Waals surface area contributed by atoms with Crippen molar-refractivity contribution in [3.8, 4) is 56.6 Å². The Morgan fingerprint density at radius 3 is 0.933 bits per heavy atom. The van der Waals surface area contributed by atoms with Crippen LogP contribution in [0.5, 0.6) is 23.0 Å². The van der Waals surface area contributed by atoms with Crippen molar-refractivity contribution in [3.63, 3.8) is 0 Å². The van der Waals surface area contributed by atoms with E-state index in [9.17, 15) is 10.2 Å². The minimum atomic E-state index is -1.97. The van der Waals surface area contributed by atoms with Crippen LogP contribution in [0.3, 0.4) is 0 Å². The lowest BCUT2D eigenvalue weighted by molar-refractivity contribution is 0.130. The molecule has 0 spiro atoms. The molecule has 10 rings (SSSR count). The Morgan fingerprint density at radius 2 is 0.657 bits per heavy atom. The van der Waals surface area contributed by atoms with Gasteiger partial charge in [0, 0.05) is 50.2 Å². The number of rotatable bonds is 16. The van der Waals surface area contributed by atoms with E-state index < -0.39 is 50.8 Å². The van der Waals surface area contributed by atoms with Crippen LogP contribution < -0.4 is 19.8 Å². The second-order valence-corrected chi connectivity index (χ2v) is 51.9. The predicted octanol–water partition coefficient (Wildman–Crippen LogP) is 26.5. The van der Waals surface area contributed by atoms with Crippen LogP contribution in [-0.4, -0.2) is 47.7 Å². The molecule has 0 saturated carbocycles. The molecular formula is C95H128F2N2O4Si2. The summed E-state index contributed by atoms with van der Waals surface area (Å²) in [4.78, 5) is 0. The number of aromatic hydroxyl groups is 2. The molecule has 8 aromatic carbocycles. The first kappa shape index (κ1) is 80.4. The van der Waals surface area contributed by atoms with Crippen molar-refractivity contribution in [1.82, 2.24) is 9.13 Å². The van der Waals surface area contributed by atoms with Crippen molar-refractivity contribution >= 4 is 70.1 Å². The van der Waals surface area contributed by atoms with Gasteiger partial charge in [0.05, 0.1) is 61.8 Å². The van der Waals surface area contributed by atoms with Crippen molar-refractivity contribution in [2.45, 2.75) is 297 Å². The molecule has 0 saturated heterocycles. The fourth-order valence-corrected chi connectivity index (χ4v) is 19.6. The summed E-state index contributed by atoms with van der Waals surface area (Å²) in [5.74, 6) is 0.0921. The van der Waals surface area contributed by atoms with Gasteiger partial charge in [0.25, 0.3) is 0 Å². The van der Waals surface area contributed by atoms with Gasteiger partial charge in [0.1, 0.15) is 34.6 Å². The zero-order valence-electron chi connectivity index (χ0n) is 70.9. The van der Waals surface area contributed by atoms with Gasteiger partial charge in [-0.3, -0.25) is 0 Å². The van der Waals surface area contributed by atoms with Gasteiger partial charge in [0.2, 0.25) is 0 Å². The molecule has 10 aromatic rings. The molecule has 0 bridgehead atoms. The lowest BCUT2D eigenvalue weighted by Gasteiger charge is -2.34. The first-order valence-electron chi connectivity index (χ1n) is 38.7. The molecule has 0 aliphatic carbocycles. The molecule has 10 heteroatoms. The summed E-state index contributed by atoms with van der Waals surface area (Å²) in [6.07, 6.45) is 0.952. The van der Waals surface area contributed by atoms with E-state index in [0.717, 1.165) is 57.2 Å². The topological polar surface area (TPSA) is 68.8 Å². The SMILES string of the molecule is Cc1cc(C(C)(C)C)c2c3c(C(C)(C)C)cc([Si](C)(C)C)cc3n(-c3cc(C(C)(C)CC(C)(C)C)cc(-c4cc(F)cc(C)c4O[C@H](C)C[C@@H](C)Oc4c(C)cc(F)cc4-c4cc(C(C)(C)CC(C)(C)C)cc(-n5c6cc(C)cc(C(C)(C)C)c6c6c(C(C)(C)C)cc([Si](C)(C)C)cc65)c4O)c3O)c2c1. The molecule has 0 amide bonds. The second kappa shape index (κ2) is 26.9. The molecule has 2 N–H and O–H groups in total. The third kappa shape index (κ3) is 16.1. The van der Waals surface area contributed by atoms with E-state index in [0.29, 0.717) is 62.7 Å². The highest BCUT2D eigenvalue weighted by Crippen LogP contribution is 2.54. The van der Waals surface area contributed by atoms with E-state index in [-0.39, 0.29) is 44.0 Å². The predicted molar refractivity (Wildman–Crippen MR) is 454 cm³/mol. The molecule has 6 nitrogen and oxygen atoms in total. The molecule has 0 fully saturated rings. The first-order valence-corrected chi connectivity index (χ1v) is 45.7. The van der Waals surface area contributed by atoms with Gasteiger partial charge < -0.3 is 28.8 Å². The third-order valence-electron chi connectivity index (χ3n) is 21.7. The summed E-state index contributed by atoms with van der Waals surface area (Å²) in [5.41, 5.74) is 15.8. The molecule has 0 radical (unpaired) electrons. The van der Waals surface area contributed by atoms with Crippen LogP contribution in [0.1, 0.15) is 241 Å². The molecule has 0 unspecified atom stereocenters. The van der Waals surface area contributed by atoms with Crippen LogP contribution in [0.25, 0.3) is 77.2 Å². The van der Waals surface area contributed by atoms with Gasteiger partial charge in [-0.15, -0.1) is 0 Å². The first-order chi connectivity index (χ1) is 47.7. The maximum Gasteiger partial charge on any atom is 0.147 e. The number of benzene rings is 8. The smallest absolute Gasteiger partial charge is 0.147 e. The van der Waals surface area contributed by atoms with Gasteiger partial charge >= 0.3 is 0 Å². The zero-order chi connectivity index (χ0) is 78.6. The highest BCUT2D eigenvalue weighted by Gasteiger charge is 2.38. The van der Waals surface area contributed by atoms with E-state index >= 15 is 8.78 Å². The monoisotopic (exact) mass is 1450 g/mol. The lowest BCUT2D eigenvalue weighted by atomic mass is 9.71. The average molecular weight is 1460 g/mol. The zero-order valence-corrected chi connectivity index (χ0v) is 72.9. The minimum Gasteiger partial charge on any atom is -0.505 e. The summed E-state index contributed by atoms with van der Waals surface area (Å²) in [7, 11) is -3.93. The molecule has 105 heavy (non-hydrogen) atoms. The van der Waals surface area contributed by atoms with Crippen molar-refractivity contribution in [2.75, 3.05) is 0 Å². The van der Waals surface area contributed by atoms with Crippen LogP contribution in [0.2, 0.25) is 39.3 Å². The van der Waals surface area contributed by atoms with Crippen molar-refractivity contribution < 1.29 is 28.5 Å². The minimum absolute atomic E-state index is 0.0309. The Bertz CT molecular complexity index is 4760. The van der Waals surface area contributed by atoms with Crippen LogP contribution in [-0.2, 0) is 32.5 Å². The Kier molecular flexibility index (Phi) is 20.6. The Labute approximate surface area is 632 Å². The molecular weight excluding hydrogens is 1330 g/mol. The highest BCUT2D eigenvalue weighted by atomic mass is 28.3. The largest absolute Gasteiger partial charge is 0.505 e. The molecule has 2 atom stereocenters. The van der Waals surface area contributed by atoms with E-state index in [1.165, 1.54) is 78.4 Å². The van der Waals surface area contributed by atoms with Crippen LogP contribution in [0.4, 0.5) is 8.78 Å². The van der Waals surface area contributed by atoms with E-state index in [2.05, 4.69) is 287 Å². The molecule has 2 aromatic heterocycles. The number of aromatic nitrogens is 2. The van der Waals surface area contributed by atoms with E-state index in [4.69, 9.17) is 9.47 Å². The van der Waals surface area contributed by atoms with Crippen molar-refractivity contribution in [1.29, 1.82) is 0 Å². The fraction of sp³-hybridized carbons (Fsp3) is 0.495. The van der Waals surface area contributed by atoms with Crippen LogP contribution >= 0.6 is 0 Å². The number of phenols is 2. The summed E-state index contributed by atoms with van der Waals surface area (Å²) in [6, 6.07) is 33.6. The van der Waals surface area contributed by atoms with Crippen molar-refractivity contribution in [3.05, 3.63) is 164 Å². The number of hydrogen-bond donors (Lipinski definition) is 2. The average Bonchev–Trinajstić information content (AvgIpc) is 1.56. The van der Waals surface area contributed by atoms with Crippen molar-refractivity contribution in [2.24, 2.45) is 10.8 Å². The number of aryl methyl sites for hydroxylation is 4. The van der Waals surface area contributed by atoms with Gasteiger partial charge in [-0.1, -0.05) is 226 Å². The lowest BCUT2D eigenvalue weighted by Crippen LogP contribution is -2.38. The number of phenolic OH excluding ortho intramolecular Hbond substituents is 2. The number of hydrogen-bond acceptors (Lipinski definition) is 4. The standard InChI is InChI=1S/C95H128F2N2O4Si2/c1-54-35-70(90(13,14)15)80-74(37-54)98(76-50-64(104(29,30)31)48-72(82(76)80)92(19,20)21)78-44-60(94(25,26)52-88(7,8)9)42-66(84(78)100)68-46-62(96)39-56(3)86(68)102-58(5)41-59(6)103-87-57(4)40-63(97)47-69(87)67-43-61(95(27,28)53-89(10,11)12)45-79(85(67)101)99-75-38-55(2)36-71(91(16,17)18)81(75)83-73(93(22,23)24)49-65(51-77(83)99)105(32,33)34/h35-40,42-51,58-59,100-101H,41,52-53H2,1-34H3/t58-,59-/m1/s1. The maximum atomic E-state index is 16.7. The quantitative estimate of drug-likeness (QED) is 0.0946. The number of halogens is 2. The normalized spacial score (nSPS) is 14.2. The molecule has 0 aliphatic rings. The van der Waals surface area contributed by atoms with E-state index in [1.807, 2.05) is 27.7 Å². The Hall–Kier alpha value is -7.15. The van der Waals surface area contributed by atoms with Gasteiger partial charge in [-0.2, -0.15) is 0 Å². The van der Waals surface area contributed by atoms with Gasteiger partial charge in [-0.05, 0) is 226 Å². The second-order valence-electron chi connectivity index (χ2n) is 41.7. The molecule has 0 aliphatic heterocycles. The summed E-state index contributed by atoms with van der Waals surface area (Å²) < 4.78 is 52.6. The molecule has 564 valence electrons. The number of fused-ring (bicyclic) bond motifs is 6. The number of ether oxygens (including phenoxy) is 2. The Morgan fingerprint density at radius 1 is 0.371 bits per heavy atom. The summed E-state index contributed by atoms with van der Waals surface area (Å²) >= 11 is 0. The summed E-state index contributed by atoms with van der Waals surface area (Å²) in [6.45, 7) is 76.9. The third-order valence-corrected chi connectivity index (χ3v) is 25.8. The van der Waals surface area contributed by atoms with Gasteiger partial charge in [-0.25, -0.2) is 8.78 Å². The maximum absolute atomic E-state index is 16.7. The van der Waals surface area contributed by atoms with Crippen LogP contribution in [0.15, 0.2) is 97.1 Å². The van der Waals surface area contributed by atoms with E-state index in [1.54, 1.807) is 0 Å². The Balaban J connectivity index is 1.16. The number of nitrogens with zero attached hydrogens (tertiary/aromatic N) is 2. The highest BCUT2D eigenvalue weighted by molar-refractivity contribution is 6.89. The van der Waals surface area contributed by atoms with Crippen LogP contribution in [0, 0.1) is 50.2 Å². The van der Waals surface area contributed by atoms with Gasteiger partial charge in [0.15, 0.2) is 0 Å². The molecule has 2 heterocycles.